The number of aliphatic hydroxyl groups is 1. The smallest absolute Gasteiger partial charge is 0.257 e. The van der Waals surface area contributed by atoms with Crippen molar-refractivity contribution in [1.82, 2.24) is 0 Å². The molecular formula is C9H9NO2. The molecule has 0 radical (unpaired) electrons. The summed E-state index contributed by atoms with van der Waals surface area (Å²) in [5, 5.41) is 11.9. The molecule has 1 heterocycles. The Labute approximate surface area is 70.0 Å². The van der Waals surface area contributed by atoms with E-state index in [1.807, 2.05) is 19.1 Å². The fourth-order valence-electron chi connectivity index (χ4n) is 1.36. The van der Waals surface area contributed by atoms with Crippen LogP contribution in [0.1, 0.15) is 17.2 Å². The number of hydrogen-bond donors (Lipinski definition) is 2. The molecule has 0 aliphatic carbocycles. The van der Waals surface area contributed by atoms with Gasteiger partial charge in [0.25, 0.3) is 5.91 Å². The molecule has 2 N–H and O–H groups in total. The van der Waals surface area contributed by atoms with Gasteiger partial charge in [-0.05, 0) is 13.0 Å². The molecule has 0 aromatic heterocycles. The molecule has 1 amide bonds. The number of aryl methyl sites for hydroxylation is 1. The quantitative estimate of drug-likeness (QED) is 0.599. The van der Waals surface area contributed by atoms with Gasteiger partial charge in [-0.1, -0.05) is 17.7 Å². The standard InChI is InChI=1S/C9H9NO2/c1-5-2-3-7-6(4-5)8(11)9(12)10-7/h2-4,8,11H,1H3,(H,10,12). The number of carbonyl (C=O) groups is 1. The highest BCUT2D eigenvalue weighted by Crippen LogP contribution is 2.30. The zero-order valence-electron chi connectivity index (χ0n) is 6.66. The largest absolute Gasteiger partial charge is 0.378 e. The fraction of sp³-hybridized carbons (Fsp3) is 0.222. The average Bonchev–Trinajstić information content (AvgIpc) is 2.31. The van der Waals surface area contributed by atoms with Gasteiger partial charge in [0.15, 0.2) is 6.10 Å². The zero-order chi connectivity index (χ0) is 8.72. The van der Waals surface area contributed by atoms with Crippen molar-refractivity contribution in [2.75, 3.05) is 5.32 Å². The molecule has 3 heteroatoms. The Hall–Kier alpha value is -1.35. The van der Waals surface area contributed by atoms with Gasteiger partial charge < -0.3 is 10.4 Å². The number of aliphatic hydroxyl groups excluding tert-OH is 1. The zero-order valence-corrected chi connectivity index (χ0v) is 6.66. The minimum atomic E-state index is -0.986. The number of hydrogen-bond acceptors (Lipinski definition) is 2. The third-order valence-electron chi connectivity index (χ3n) is 2.01. The summed E-state index contributed by atoms with van der Waals surface area (Å²) in [5.74, 6) is -0.337. The third kappa shape index (κ3) is 0.905. The van der Waals surface area contributed by atoms with Crippen LogP contribution in [0.2, 0.25) is 0 Å². The minimum absolute atomic E-state index is 0.337. The van der Waals surface area contributed by atoms with Crippen LogP contribution in [-0.4, -0.2) is 11.0 Å². The predicted octanol–water partition coefficient (Wildman–Crippen LogP) is 0.981. The monoisotopic (exact) mass is 163 g/mol. The Morgan fingerprint density at radius 1 is 1.50 bits per heavy atom. The Bertz CT molecular complexity index is 346. The molecule has 3 nitrogen and oxygen atoms in total. The maximum Gasteiger partial charge on any atom is 0.257 e. The van der Waals surface area contributed by atoms with Crippen molar-refractivity contribution < 1.29 is 9.90 Å². The first-order valence-corrected chi connectivity index (χ1v) is 3.78. The molecule has 0 saturated heterocycles. The lowest BCUT2D eigenvalue weighted by atomic mass is 10.1. The van der Waals surface area contributed by atoms with Crippen molar-refractivity contribution in [2.24, 2.45) is 0 Å². The van der Waals surface area contributed by atoms with Gasteiger partial charge in [0, 0.05) is 11.3 Å². The van der Waals surface area contributed by atoms with Gasteiger partial charge in [0.05, 0.1) is 0 Å². The van der Waals surface area contributed by atoms with Gasteiger partial charge in [0.2, 0.25) is 0 Å². The number of fused-ring (bicyclic) bond motifs is 1. The molecule has 62 valence electrons. The summed E-state index contributed by atoms with van der Waals surface area (Å²) in [6, 6.07) is 5.52. The molecule has 0 fully saturated rings. The van der Waals surface area contributed by atoms with E-state index in [2.05, 4.69) is 5.32 Å². The highest BCUT2D eigenvalue weighted by atomic mass is 16.3. The molecule has 1 aliphatic rings. The normalized spacial score (nSPS) is 20.5. The molecule has 1 atom stereocenters. The lowest BCUT2D eigenvalue weighted by molar-refractivity contribution is -0.123. The van der Waals surface area contributed by atoms with Crippen molar-refractivity contribution in [2.45, 2.75) is 13.0 Å². The van der Waals surface area contributed by atoms with E-state index in [0.717, 1.165) is 11.3 Å². The SMILES string of the molecule is Cc1ccc2c(c1)C(O)C(=O)N2. The van der Waals surface area contributed by atoms with Crippen LogP contribution in [0, 0.1) is 6.92 Å². The summed E-state index contributed by atoms with van der Waals surface area (Å²) < 4.78 is 0. The number of carbonyl (C=O) groups excluding carboxylic acids is 1. The van der Waals surface area contributed by atoms with Crippen molar-refractivity contribution in [3.8, 4) is 0 Å². The summed E-state index contributed by atoms with van der Waals surface area (Å²) in [4.78, 5) is 11.0. The van der Waals surface area contributed by atoms with E-state index in [9.17, 15) is 9.90 Å². The third-order valence-corrected chi connectivity index (χ3v) is 2.01. The van der Waals surface area contributed by atoms with Crippen LogP contribution in [0.5, 0.6) is 0 Å². The van der Waals surface area contributed by atoms with E-state index in [0.29, 0.717) is 5.56 Å². The first-order chi connectivity index (χ1) is 5.68. The molecule has 0 saturated carbocycles. The topological polar surface area (TPSA) is 49.3 Å². The highest BCUT2D eigenvalue weighted by Gasteiger charge is 2.27. The lowest BCUT2D eigenvalue weighted by Gasteiger charge is -2.00. The van der Waals surface area contributed by atoms with Crippen LogP contribution in [0.15, 0.2) is 18.2 Å². The van der Waals surface area contributed by atoms with Crippen molar-refractivity contribution in [3.63, 3.8) is 0 Å². The fourth-order valence-corrected chi connectivity index (χ4v) is 1.36. The first kappa shape index (κ1) is 7.31. The highest BCUT2D eigenvalue weighted by molar-refractivity contribution is 6.01. The number of nitrogens with one attached hydrogen (secondary N) is 1. The van der Waals surface area contributed by atoms with Gasteiger partial charge in [-0.25, -0.2) is 0 Å². The van der Waals surface area contributed by atoms with Gasteiger partial charge in [-0.3, -0.25) is 4.79 Å². The first-order valence-electron chi connectivity index (χ1n) is 3.78. The minimum Gasteiger partial charge on any atom is -0.378 e. The Morgan fingerprint density at radius 3 is 3.00 bits per heavy atom. The van der Waals surface area contributed by atoms with Gasteiger partial charge in [0.1, 0.15) is 0 Å². The van der Waals surface area contributed by atoms with Crippen molar-refractivity contribution in [1.29, 1.82) is 0 Å². The summed E-state index contributed by atoms with van der Waals surface area (Å²) in [6.45, 7) is 1.93. The second-order valence-corrected chi connectivity index (χ2v) is 2.98. The molecule has 2 rings (SSSR count). The van der Waals surface area contributed by atoms with Crippen molar-refractivity contribution >= 4 is 11.6 Å². The van der Waals surface area contributed by atoms with Gasteiger partial charge in [-0.15, -0.1) is 0 Å². The maximum absolute atomic E-state index is 11.0. The van der Waals surface area contributed by atoms with Gasteiger partial charge in [-0.2, -0.15) is 0 Å². The van der Waals surface area contributed by atoms with Crippen LogP contribution >= 0.6 is 0 Å². The second-order valence-electron chi connectivity index (χ2n) is 2.98. The number of anilines is 1. The van der Waals surface area contributed by atoms with E-state index in [-0.39, 0.29) is 5.91 Å². The van der Waals surface area contributed by atoms with E-state index >= 15 is 0 Å². The van der Waals surface area contributed by atoms with E-state index in [1.54, 1.807) is 6.07 Å². The summed E-state index contributed by atoms with van der Waals surface area (Å²) in [6.07, 6.45) is -0.986. The van der Waals surface area contributed by atoms with Crippen LogP contribution in [-0.2, 0) is 4.79 Å². The van der Waals surface area contributed by atoms with Crippen LogP contribution in [0.25, 0.3) is 0 Å². The lowest BCUT2D eigenvalue weighted by Crippen LogP contribution is -2.10. The van der Waals surface area contributed by atoms with E-state index in [1.165, 1.54) is 0 Å². The average molecular weight is 163 g/mol. The van der Waals surface area contributed by atoms with Gasteiger partial charge >= 0.3 is 0 Å². The second kappa shape index (κ2) is 2.32. The van der Waals surface area contributed by atoms with Crippen molar-refractivity contribution in [3.05, 3.63) is 29.3 Å². The number of benzene rings is 1. The molecule has 0 spiro atoms. The Morgan fingerprint density at radius 2 is 2.25 bits per heavy atom. The molecule has 1 aromatic carbocycles. The molecule has 12 heavy (non-hydrogen) atoms. The Kier molecular flexibility index (Phi) is 1.41. The van der Waals surface area contributed by atoms with E-state index < -0.39 is 6.10 Å². The summed E-state index contributed by atoms with van der Waals surface area (Å²) in [7, 11) is 0. The molecule has 1 aromatic rings. The van der Waals surface area contributed by atoms with E-state index in [4.69, 9.17) is 0 Å². The molecule has 1 aliphatic heterocycles. The summed E-state index contributed by atoms with van der Waals surface area (Å²) >= 11 is 0. The molecule has 1 unspecified atom stereocenters. The van der Waals surface area contributed by atoms with Crippen LogP contribution in [0.4, 0.5) is 5.69 Å². The van der Waals surface area contributed by atoms with Crippen LogP contribution < -0.4 is 5.32 Å². The number of amides is 1. The van der Waals surface area contributed by atoms with Crippen LogP contribution in [0.3, 0.4) is 0 Å². The molecular weight excluding hydrogens is 154 g/mol. The number of rotatable bonds is 0. The summed E-state index contributed by atoms with van der Waals surface area (Å²) in [5.41, 5.74) is 2.45. The maximum atomic E-state index is 11.0. The Balaban J connectivity index is 2.55. The molecule has 0 bridgehead atoms. The predicted molar refractivity (Wildman–Crippen MR) is 44.8 cm³/mol.